The number of piperidine rings is 1. The van der Waals surface area contributed by atoms with Gasteiger partial charge in [-0.3, -0.25) is 4.90 Å². The van der Waals surface area contributed by atoms with Gasteiger partial charge in [0, 0.05) is 17.1 Å². The quantitative estimate of drug-likeness (QED) is 0.890. The molecule has 1 heterocycles. The zero-order chi connectivity index (χ0) is 12.3. The van der Waals surface area contributed by atoms with E-state index >= 15 is 0 Å². The van der Waals surface area contributed by atoms with Gasteiger partial charge in [-0.2, -0.15) is 0 Å². The Morgan fingerprint density at radius 2 is 2.06 bits per heavy atom. The van der Waals surface area contributed by atoms with Gasteiger partial charge >= 0.3 is 0 Å². The lowest BCUT2D eigenvalue weighted by Gasteiger charge is -2.36. The second kappa shape index (κ2) is 5.85. The fourth-order valence-corrected chi connectivity index (χ4v) is 2.73. The van der Waals surface area contributed by atoms with E-state index in [0.717, 1.165) is 18.1 Å². The summed E-state index contributed by atoms with van der Waals surface area (Å²) in [5.41, 5.74) is 1.30. The SMILES string of the molecule is CC(c1cccc(Cl)c1)N(C)C1CCNCC1. The number of rotatable bonds is 3. The van der Waals surface area contributed by atoms with E-state index < -0.39 is 0 Å². The van der Waals surface area contributed by atoms with Crippen molar-refractivity contribution in [1.82, 2.24) is 10.2 Å². The molecule has 2 nitrogen and oxygen atoms in total. The molecule has 0 amide bonds. The molecule has 0 saturated carbocycles. The molecule has 1 aliphatic rings. The average Bonchev–Trinajstić information content (AvgIpc) is 2.38. The number of benzene rings is 1. The first-order valence-electron chi connectivity index (χ1n) is 6.36. The van der Waals surface area contributed by atoms with E-state index in [1.165, 1.54) is 18.4 Å². The van der Waals surface area contributed by atoms with E-state index in [1.54, 1.807) is 0 Å². The Morgan fingerprint density at radius 1 is 1.35 bits per heavy atom. The molecule has 3 heteroatoms. The van der Waals surface area contributed by atoms with Crippen LogP contribution < -0.4 is 5.32 Å². The van der Waals surface area contributed by atoms with Gasteiger partial charge in [0.2, 0.25) is 0 Å². The van der Waals surface area contributed by atoms with Crippen molar-refractivity contribution in [2.75, 3.05) is 20.1 Å². The minimum atomic E-state index is 0.428. The molecule has 1 unspecified atom stereocenters. The Balaban J connectivity index is 2.05. The van der Waals surface area contributed by atoms with Crippen LogP contribution in [0.5, 0.6) is 0 Å². The number of nitrogens with zero attached hydrogens (tertiary/aromatic N) is 1. The zero-order valence-electron chi connectivity index (χ0n) is 10.6. The first-order chi connectivity index (χ1) is 8.18. The van der Waals surface area contributed by atoms with Crippen molar-refractivity contribution in [3.8, 4) is 0 Å². The van der Waals surface area contributed by atoms with Crippen LogP contribution in [-0.2, 0) is 0 Å². The van der Waals surface area contributed by atoms with Crippen LogP contribution in [0.3, 0.4) is 0 Å². The van der Waals surface area contributed by atoms with Gasteiger partial charge in [-0.1, -0.05) is 23.7 Å². The van der Waals surface area contributed by atoms with Gasteiger partial charge in [-0.15, -0.1) is 0 Å². The number of hydrogen-bond acceptors (Lipinski definition) is 2. The highest BCUT2D eigenvalue weighted by molar-refractivity contribution is 6.30. The maximum Gasteiger partial charge on any atom is 0.0409 e. The second-order valence-corrected chi connectivity index (χ2v) is 5.31. The molecule has 1 saturated heterocycles. The van der Waals surface area contributed by atoms with Crippen LogP contribution in [0, 0.1) is 0 Å². The Kier molecular flexibility index (Phi) is 4.43. The average molecular weight is 253 g/mol. The summed E-state index contributed by atoms with van der Waals surface area (Å²) in [6, 6.07) is 9.31. The van der Waals surface area contributed by atoms with Crippen molar-refractivity contribution in [3.63, 3.8) is 0 Å². The topological polar surface area (TPSA) is 15.3 Å². The van der Waals surface area contributed by atoms with Crippen molar-refractivity contribution in [1.29, 1.82) is 0 Å². The lowest BCUT2D eigenvalue weighted by atomic mass is 10.0. The minimum Gasteiger partial charge on any atom is -0.317 e. The third kappa shape index (κ3) is 3.21. The van der Waals surface area contributed by atoms with Crippen LogP contribution in [0.1, 0.15) is 31.4 Å². The van der Waals surface area contributed by atoms with Crippen LogP contribution >= 0.6 is 11.6 Å². The molecule has 1 atom stereocenters. The van der Waals surface area contributed by atoms with Crippen LogP contribution in [0.2, 0.25) is 5.02 Å². The molecule has 2 rings (SSSR count). The molecule has 94 valence electrons. The Hall–Kier alpha value is -0.570. The Labute approximate surface area is 109 Å². The van der Waals surface area contributed by atoms with Gasteiger partial charge < -0.3 is 5.32 Å². The van der Waals surface area contributed by atoms with Crippen molar-refractivity contribution >= 4 is 11.6 Å². The predicted molar refractivity (Wildman–Crippen MR) is 73.5 cm³/mol. The molecule has 1 aliphatic heterocycles. The molecular formula is C14H21ClN2. The second-order valence-electron chi connectivity index (χ2n) is 4.88. The van der Waals surface area contributed by atoms with E-state index in [9.17, 15) is 0 Å². The maximum atomic E-state index is 6.05. The van der Waals surface area contributed by atoms with E-state index in [-0.39, 0.29) is 0 Å². The molecule has 0 spiro atoms. The first kappa shape index (κ1) is 12.9. The summed E-state index contributed by atoms with van der Waals surface area (Å²) in [4.78, 5) is 2.48. The van der Waals surface area contributed by atoms with Gasteiger partial charge in [0.25, 0.3) is 0 Å². The summed E-state index contributed by atoms with van der Waals surface area (Å²) in [6.07, 6.45) is 2.48. The molecule has 1 aromatic carbocycles. The summed E-state index contributed by atoms with van der Waals surface area (Å²) >= 11 is 6.05. The molecular weight excluding hydrogens is 232 g/mol. The van der Waals surface area contributed by atoms with Gasteiger partial charge in [-0.05, 0) is 57.6 Å². The highest BCUT2D eigenvalue weighted by atomic mass is 35.5. The standard InChI is InChI=1S/C14H21ClN2/c1-11(12-4-3-5-13(15)10-12)17(2)14-6-8-16-9-7-14/h3-5,10-11,14,16H,6-9H2,1-2H3. The van der Waals surface area contributed by atoms with Crippen LogP contribution in [0.4, 0.5) is 0 Å². The molecule has 0 radical (unpaired) electrons. The summed E-state index contributed by atoms with van der Waals surface area (Å²) in [5.74, 6) is 0. The van der Waals surface area contributed by atoms with Gasteiger partial charge in [0.15, 0.2) is 0 Å². The molecule has 17 heavy (non-hydrogen) atoms. The Morgan fingerprint density at radius 3 is 2.71 bits per heavy atom. The lowest BCUT2D eigenvalue weighted by Crippen LogP contribution is -2.42. The van der Waals surface area contributed by atoms with Crippen molar-refractivity contribution in [2.45, 2.75) is 31.8 Å². The smallest absolute Gasteiger partial charge is 0.0409 e. The molecule has 0 aliphatic carbocycles. The van der Waals surface area contributed by atoms with Gasteiger partial charge in [0.1, 0.15) is 0 Å². The third-order valence-electron chi connectivity index (χ3n) is 3.83. The van der Waals surface area contributed by atoms with Crippen LogP contribution in [0.25, 0.3) is 0 Å². The first-order valence-corrected chi connectivity index (χ1v) is 6.74. The van der Waals surface area contributed by atoms with Crippen molar-refractivity contribution < 1.29 is 0 Å². The summed E-state index contributed by atoms with van der Waals surface area (Å²) < 4.78 is 0. The molecule has 1 fully saturated rings. The third-order valence-corrected chi connectivity index (χ3v) is 4.06. The summed E-state index contributed by atoms with van der Waals surface area (Å²) in [6.45, 7) is 4.53. The fourth-order valence-electron chi connectivity index (χ4n) is 2.53. The minimum absolute atomic E-state index is 0.428. The highest BCUT2D eigenvalue weighted by Crippen LogP contribution is 2.25. The number of nitrogens with one attached hydrogen (secondary N) is 1. The predicted octanol–water partition coefficient (Wildman–Crippen LogP) is 3.08. The van der Waals surface area contributed by atoms with Crippen molar-refractivity contribution in [3.05, 3.63) is 34.9 Å². The maximum absolute atomic E-state index is 6.05. The molecule has 1 aromatic rings. The molecule has 0 aromatic heterocycles. The fraction of sp³-hybridized carbons (Fsp3) is 0.571. The normalized spacial score (nSPS) is 19.5. The van der Waals surface area contributed by atoms with E-state index in [4.69, 9.17) is 11.6 Å². The molecule has 1 N–H and O–H groups in total. The highest BCUT2D eigenvalue weighted by Gasteiger charge is 2.22. The van der Waals surface area contributed by atoms with E-state index in [2.05, 4.69) is 36.3 Å². The number of halogens is 1. The van der Waals surface area contributed by atoms with Crippen LogP contribution in [0.15, 0.2) is 24.3 Å². The van der Waals surface area contributed by atoms with Gasteiger partial charge in [-0.25, -0.2) is 0 Å². The summed E-state index contributed by atoms with van der Waals surface area (Å²) in [5, 5.41) is 4.24. The lowest BCUT2D eigenvalue weighted by molar-refractivity contribution is 0.152. The van der Waals surface area contributed by atoms with Gasteiger partial charge in [0.05, 0.1) is 0 Å². The monoisotopic (exact) mass is 252 g/mol. The van der Waals surface area contributed by atoms with E-state index in [1.807, 2.05) is 12.1 Å². The molecule has 0 bridgehead atoms. The largest absolute Gasteiger partial charge is 0.317 e. The Bertz CT molecular complexity index is 361. The summed E-state index contributed by atoms with van der Waals surface area (Å²) in [7, 11) is 2.22. The van der Waals surface area contributed by atoms with E-state index in [0.29, 0.717) is 12.1 Å². The zero-order valence-corrected chi connectivity index (χ0v) is 11.4. The number of hydrogen-bond donors (Lipinski definition) is 1. The van der Waals surface area contributed by atoms with Crippen LogP contribution in [-0.4, -0.2) is 31.1 Å². The van der Waals surface area contributed by atoms with Crippen molar-refractivity contribution in [2.24, 2.45) is 0 Å².